The van der Waals surface area contributed by atoms with Gasteiger partial charge in [-0.1, -0.05) is 92.4 Å². The van der Waals surface area contributed by atoms with Crippen LogP contribution in [0.4, 0.5) is 4.39 Å². The predicted molar refractivity (Wildman–Crippen MR) is 146 cm³/mol. The number of ether oxygens (including phenoxy) is 1. The molecule has 0 fully saturated rings. The van der Waals surface area contributed by atoms with Gasteiger partial charge in [-0.25, -0.2) is 4.39 Å². The van der Waals surface area contributed by atoms with Crippen LogP contribution >= 0.6 is 11.6 Å². The zero-order valence-electron chi connectivity index (χ0n) is 20.5. The fraction of sp³-hybridized carbons (Fsp3) is 0.312. The number of benzene rings is 4. The van der Waals surface area contributed by atoms with Gasteiger partial charge in [0, 0.05) is 10.4 Å². The number of halogens is 2. The van der Waals surface area contributed by atoms with Crippen molar-refractivity contribution in [3.63, 3.8) is 0 Å². The highest BCUT2D eigenvalue weighted by molar-refractivity contribution is 6.30. The minimum atomic E-state index is -0.103. The lowest BCUT2D eigenvalue weighted by Gasteiger charge is -2.10. The number of aryl methyl sites for hydroxylation is 4. The maximum Gasteiger partial charge on any atom is 0.134 e. The molecule has 0 atom stereocenters. The van der Waals surface area contributed by atoms with Gasteiger partial charge in [-0.05, 0) is 84.0 Å². The van der Waals surface area contributed by atoms with Gasteiger partial charge in [-0.2, -0.15) is 0 Å². The van der Waals surface area contributed by atoms with E-state index in [1.807, 2.05) is 42.5 Å². The summed E-state index contributed by atoms with van der Waals surface area (Å²) in [6.45, 7) is 3.01. The fourth-order valence-electron chi connectivity index (χ4n) is 4.43. The number of fused-ring (bicyclic) bond motifs is 1. The lowest BCUT2D eigenvalue weighted by molar-refractivity contribution is 0.305. The Balaban J connectivity index is 1.32. The number of unbranched alkanes of at least 4 members (excludes halogenated alkanes) is 3. The Labute approximate surface area is 213 Å². The zero-order chi connectivity index (χ0) is 24.5. The minimum Gasteiger partial charge on any atom is -0.494 e. The summed E-state index contributed by atoms with van der Waals surface area (Å²) < 4.78 is 21.0. The molecule has 1 nitrogen and oxygen atoms in total. The topological polar surface area (TPSA) is 9.23 Å². The number of hydrogen-bond donors (Lipinski definition) is 0. The quantitative estimate of drug-likeness (QED) is 0.180. The molecule has 182 valence electrons. The summed E-state index contributed by atoms with van der Waals surface area (Å²) in [6.07, 6.45) is 8.19. The summed E-state index contributed by atoms with van der Waals surface area (Å²) in [6, 6.07) is 26.3. The predicted octanol–water partition coefficient (Wildman–Crippen LogP) is 9.16. The van der Waals surface area contributed by atoms with Gasteiger partial charge in [-0.3, -0.25) is 0 Å². The molecule has 4 aromatic carbocycles. The molecule has 0 radical (unpaired) electrons. The zero-order valence-corrected chi connectivity index (χ0v) is 21.3. The highest BCUT2D eigenvalue weighted by atomic mass is 35.5. The standard InChI is InChI=1S/C32H34ClFO/c1-2-3-4-5-22-35-30-19-11-24(12-20-30)6-7-26-13-21-31-28(23-26)16-15-27(32(31)34)14-8-25-9-17-29(33)18-10-25/h9-13,15-21,23H,2-8,14,22H2,1H3. The molecule has 0 bridgehead atoms. The van der Waals surface area contributed by atoms with Gasteiger partial charge in [0.1, 0.15) is 11.6 Å². The van der Waals surface area contributed by atoms with Gasteiger partial charge in [0.25, 0.3) is 0 Å². The van der Waals surface area contributed by atoms with Crippen LogP contribution in [-0.2, 0) is 25.7 Å². The summed E-state index contributed by atoms with van der Waals surface area (Å²) in [5.74, 6) is 0.839. The van der Waals surface area contributed by atoms with Crippen molar-refractivity contribution in [3.8, 4) is 5.75 Å². The van der Waals surface area contributed by atoms with Gasteiger partial charge >= 0.3 is 0 Å². The summed E-state index contributed by atoms with van der Waals surface area (Å²) in [7, 11) is 0. The van der Waals surface area contributed by atoms with E-state index in [1.54, 1.807) is 0 Å². The van der Waals surface area contributed by atoms with Crippen molar-refractivity contribution in [2.24, 2.45) is 0 Å². The molecule has 0 aromatic heterocycles. The second-order valence-electron chi connectivity index (χ2n) is 9.27. The summed E-state index contributed by atoms with van der Waals surface area (Å²) in [5.41, 5.74) is 4.43. The molecule has 0 heterocycles. The Morgan fingerprint density at radius 2 is 1.34 bits per heavy atom. The average molecular weight is 489 g/mol. The smallest absolute Gasteiger partial charge is 0.134 e. The second-order valence-corrected chi connectivity index (χ2v) is 9.71. The molecule has 3 heteroatoms. The van der Waals surface area contributed by atoms with Gasteiger partial charge in [-0.15, -0.1) is 0 Å². The molecule has 0 amide bonds. The molecule has 0 saturated carbocycles. The lowest BCUT2D eigenvalue weighted by atomic mass is 9.97. The third-order valence-electron chi connectivity index (χ3n) is 6.59. The number of hydrogen-bond acceptors (Lipinski definition) is 1. The van der Waals surface area contributed by atoms with Gasteiger partial charge in [0.2, 0.25) is 0 Å². The van der Waals surface area contributed by atoms with Gasteiger partial charge in [0.05, 0.1) is 6.61 Å². The summed E-state index contributed by atoms with van der Waals surface area (Å²) in [5, 5.41) is 2.38. The second kappa shape index (κ2) is 12.7. The van der Waals surface area contributed by atoms with Crippen LogP contribution in [0.25, 0.3) is 10.8 Å². The van der Waals surface area contributed by atoms with Crippen molar-refractivity contribution >= 4 is 22.4 Å². The van der Waals surface area contributed by atoms with E-state index >= 15 is 4.39 Å². The van der Waals surface area contributed by atoms with Crippen LogP contribution in [0.2, 0.25) is 5.02 Å². The molecule has 0 saturated heterocycles. The maximum absolute atomic E-state index is 15.2. The first-order valence-electron chi connectivity index (χ1n) is 12.8. The van der Waals surface area contributed by atoms with E-state index in [4.69, 9.17) is 16.3 Å². The first kappa shape index (κ1) is 25.3. The maximum atomic E-state index is 15.2. The SMILES string of the molecule is CCCCCCOc1ccc(CCc2ccc3c(F)c(CCc4ccc(Cl)cc4)ccc3c2)cc1. The monoisotopic (exact) mass is 488 g/mol. The molecule has 4 rings (SSSR count). The van der Waals surface area contributed by atoms with E-state index in [9.17, 15) is 0 Å². The minimum absolute atomic E-state index is 0.103. The van der Waals surface area contributed by atoms with Crippen molar-refractivity contribution in [2.75, 3.05) is 6.61 Å². The van der Waals surface area contributed by atoms with Crippen LogP contribution in [0, 0.1) is 5.82 Å². The summed E-state index contributed by atoms with van der Waals surface area (Å²) in [4.78, 5) is 0. The molecule has 0 aliphatic carbocycles. The van der Waals surface area contributed by atoms with Gasteiger partial charge in [0.15, 0.2) is 0 Å². The van der Waals surface area contributed by atoms with Crippen molar-refractivity contribution in [1.29, 1.82) is 0 Å². The fourth-order valence-corrected chi connectivity index (χ4v) is 4.55. The van der Waals surface area contributed by atoms with E-state index in [2.05, 4.69) is 43.3 Å². The Bertz CT molecular complexity index is 1220. The van der Waals surface area contributed by atoms with Crippen molar-refractivity contribution in [2.45, 2.75) is 58.3 Å². The highest BCUT2D eigenvalue weighted by Crippen LogP contribution is 2.25. The molecule has 0 unspecified atom stereocenters. The van der Waals surface area contributed by atoms with Crippen molar-refractivity contribution < 1.29 is 9.13 Å². The Hall–Kier alpha value is -2.84. The average Bonchev–Trinajstić information content (AvgIpc) is 2.88. The van der Waals surface area contributed by atoms with E-state index in [-0.39, 0.29) is 5.82 Å². The Morgan fingerprint density at radius 3 is 2.09 bits per heavy atom. The third kappa shape index (κ3) is 7.32. The van der Waals surface area contributed by atoms with Crippen LogP contribution in [0.15, 0.2) is 78.9 Å². The molecule has 0 spiro atoms. The first-order chi connectivity index (χ1) is 17.1. The van der Waals surface area contributed by atoms with E-state index in [1.165, 1.54) is 30.4 Å². The van der Waals surface area contributed by atoms with Crippen LogP contribution in [0.1, 0.15) is 54.9 Å². The van der Waals surface area contributed by atoms with Gasteiger partial charge < -0.3 is 4.74 Å². The van der Waals surface area contributed by atoms with E-state index < -0.39 is 0 Å². The van der Waals surface area contributed by atoms with Crippen LogP contribution < -0.4 is 4.74 Å². The third-order valence-corrected chi connectivity index (χ3v) is 6.84. The molecular formula is C32H34ClFO. The molecule has 4 aromatic rings. The van der Waals surface area contributed by atoms with E-state index in [0.717, 1.165) is 59.6 Å². The lowest BCUT2D eigenvalue weighted by Crippen LogP contribution is -1.98. The molecule has 0 N–H and O–H groups in total. The summed E-state index contributed by atoms with van der Waals surface area (Å²) >= 11 is 5.96. The molecular weight excluding hydrogens is 455 g/mol. The van der Waals surface area contributed by atoms with Crippen LogP contribution in [0.3, 0.4) is 0 Å². The Kier molecular flexibility index (Phi) is 9.20. The number of rotatable bonds is 12. The van der Waals surface area contributed by atoms with E-state index in [0.29, 0.717) is 11.8 Å². The van der Waals surface area contributed by atoms with Crippen LogP contribution in [0.5, 0.6) is 5.75 Å². The molecule has 35 heavy (non-hydrogen) atoms. The molecule has 0 aliphatic rings. The van der Waals surface area contributed by atoms with Crippen LogP contribution in [-0.4, -0.2) is 6.61 Å². The van der Waals surface area contributed by atoms with Crippen molar-refractivity contribution in [3.05, 3.63) is 112 Å². The highest BCUT2D eigenvalue weighted by Gasteiger charge is 2.09. The van der Waals surface area contributed by atoms with Crippen molar-refractivity contribution in [1.82, 2.24) is 0 Å². The largest absolute Gasteiger partial charge is 0.494 e. The molecule has 0 aliphatic heterocycles. The Morgan fingerprint density at radius 1 is 0.686 bits per heavy atom. The normalized spacial score (nSPS) is 11.2. The first-order valence-corrected chi connectivity index (χ1v) is 13.2.